The maximum Gasteiger partial charge on any atom is 0.139 e. The summed E-state index contributed by atoms with van der Waals surface area (Å²) in [5.74, 6) is 0.922. The molecule has 23 heavy (non-hydrogen) atoms. The lowest BCUT2D eigenvalue weighted by Gasteiger charge is -2.24. The molecule has 1 unspecified atom stereocenters. The summed E-state index contributed by atoms with van der Waals surface area (Å²) in [5.41, 5.74) is 2.97. The zero-order chi connectivity index (χ0) is 15.5. The smallest absolute Gasteiger partial charge is 0.139 e. The number of H-pyrrole nitrogens is 1. The summed E-state index contributed by atoms with van der Waals surface area (Å²) in [7, 11) is 0. The number of hydrogen-bond donors (Lipinski definition) is 3. The number of anilines is 2. The molecule has 0 bridgehead atoms. The largest absolute Gasteiger partial charge is 0.489 e. The van der Waals surface area contributed by atoms with Gasteiger partial charge in [-0.2, -0.15) is 0 Å². The minimum Gasteiger partial charge on any atom is -0.489 e. The molecule has 1 aromatic carbocycles. The van der Waals surface area contributed by atoms with E-state index in [1.807, 2.05) is 42.6 Å². The summed E-state index contributed by atoms with van der Waals surface area (Å²) < 4.78 is 6.01. The number of nitrogens with one attached hydrogen (secondary N) is 3. The highest BCUT2D eigenvalue weighted by Crippen LogP contribution is 2.26. The predicted octanol–water partition coefficient (Wildman–Crippen LogP) is 3.44. The molecular formula is C18H20N4O. The van der Waals surface area contributed by atoms with Gasteiger partial charge in [-0.25, -0.2) is 4.98 Å². The first kappa shape index (κ1) is 14.1. The van der Waals surface area contributed by atoms with Crippen molar-refractivity contribution in [2.45, 2.75) is 18.9 Å². The molecule has 1 aliphatic rings. The summed E-state index contributed by atoms with van der Waals surface area (Å²) in [5, 5.41) is 7.89. The quantitative estimate of drug-likeness (QED) is 0.691. The summed E-state index contributed by atoms with van der Waals surface area (Å²) in [6.07, 6.45) is 6.28. The Morgan fingerprint density at radius 3 is 2.87 bits per heavy atom. The van der Waals surface area contributed by atoms with Crippen molar-refractivity contribution < 1.29 is 4.74 Å². The number of hydrogen-bond acceptors (Lipinski definition) is 4. The van der Waals surface area contributed by atoms with Gasteiger partial charge in [-0.3, -0.25) is 0 Å². The van der Waals surface area contributed by atoms with Gasteiger partial charge < -0.3 is 20.4 Å². The van der Waals surface area contributed by atoms with Gasteiger partial charge in [0.15, 0.2) is 0 Å². The zero-order valence-electron chi connectivity index (χ0n) is 12.9. The first-order valence-corrected chi connectivity index (χ1v) is 8.05. The Labute approximate surface area is 135 Å². The topological polar surface area (TPSA) is 62.0 Å². The van der Waals surface area contributed by atoms with Crippen molar-refractivity contribution in [3.05, 3.63) is 48.8 Å². The minimum absolute atomic E-state index is 0.280. The van der Waals surface area contributed by atoms with Crippen molar-refractivity contribution in [2.75, 3.05) is 18.4 Å². The van der Waals surface area contributed by atoms with Gasteiger partial charge in [0.25, 0.3) is 0 Å². The fourth-order valence-electron chi connectivity index (χ4n) is 2.96. The molecule has 1 aliphatic heterocycles. The molecule has 2 aromatic heterocycles. The van der Waals surface area contributed by atoms with E-state index in [9.17, 15) is 0 Å². The molecule has 3 heterocycles. The number of aromatic amines is 1. The molecule has 4 rings (SSSR count). The lowest BCUT2D eigenvalue weighted by Crippen LogP contribution is -2.37. The molecule has 1 atom stereocenters. The monoisotopic (exact) mass is 308 g/mol. The van der Waals surface area contributed by atoms with Crippen LogP contribution in [0.4, 0.5) is 11.4 Å². The maximum atomic E-state index is 6.01. The number of fused-ring (bicyclic) bond motifs is 1. The van der Waals surface area contributed by atoms with E-state index in [2.05, 4.69) is 20.6 Å². The second kappa shape index (κ2) is 6.30. The van der Waals surface area contributed by atoms with Crippen LogP contribution in [0.1, 0.15) is 12.8 Å². The van der Waals surface area contributed by atoms with Gasteiger partial charge in [0.05, 0.1) is 5.69 Å². The number of pyridine rings is 1. The van der Waals surface area contributed by atoms with Gasteiger partial charge in [-0.1, -0.05) is 0 Å². The molecule has 5 nitrogen and oxygen atoms in total. The van der Waals surface area contributed by atoms with E-state index in [0.717, 1.165) is 47.7 Å². The molecular weight excluding hydrogens is 288 g/mol. The SMILES string of the molecule is c1cc(Nc2ccc(OC3CCCNC3)cc2)c2cc[nH]c2n1. The van der Waals surface area contributed by atoms with Crippen LogP contribution < -0.4 is 15.4 Å². The molecule has 5 heteroatoms. The molecule has 3 aromatic rings. The second-order valence-corrected chi connectivity index (χ2v) is 5.83. The number of piperidine rings is 1. The number of ether oxygens (including phenoxy) is 1. The highest BCUT2D eigenvalue weighted by atomic mass is 16.5. The van der Waals surface area contributed by atoms with E-state index in [1.165, 1.54) is 6.42 Å². The van der Waals surface area contributed by atoms with Crippen LogP contribution in [0.3, 0.4) is 0 Å². The van der Waals surface area contributed by atoms with Crippen molar-refractivity contribution in [2.24, 2.45) is 0 Å². The van der Waals surface area contributed by atoms with Crippen molar-refractivity contribution in [1.29, 1.82) is 0 Å². The Morgan fingerprint density at radius 1 is 1.13 bits per heavy atom. The average Bonchev–Trinajstić information content (AvgIpc) is 3.07. The highest BCUT2D eigenvalue weighted by Gasteiger charge is 2.14. The molecule has 0 amide bonds. The first-order valence-electron chi connectivity index (χ1n) is 8.05. The summed E-state index contributed by atoms with van der Waals surface area (Å²) in [6, 6.07) is 12.1. The number of benzene rings is 1. The van der Waals surface area contributed by atoms with Gasteiger partial charge >= 0.3 is 0 Å². The standard InChI is InChI=1S/C18H20N4O/c1-2-15(12-19-9-1)23-14-5-3-13(4-6-14)22-17-8-11-21-18-16(17)7-10-20-18/h3-8,10-11,15,19H,1-2,9,12H2,(H2,20,21,22). The van der Waals surface area contributed by atoms with Gasteiger partial charge in [0, 0.05) is 30.0 Å². The van der Waals surface area contributed by atoms with Crippen molar-refractivity contribution in [3.8, 4) is 5.75 Å². The van der Waals surface area contributed by atoms with Crippen LogP contribution in [-0.2, 0) is 0 Å². The van der Waals surface area contributed by atoms with E-state index in [1.54, 1.807) is 6.20 Å². The molecule has 3 N–H and O–H groups in total. The summed E-state index contributed by atoms with van der Waals surface area (Å²) >= 11 is 0. The predicted molar refractivity (Wildman–Crippen MR) is 92.3 cm³/mol. The van der Waals surface area contributed by atoms with Crippen LogP contribution in [0.5, 0.6) is 5.75 Å². The number of rotatable bonds is 4. The Balaban J connectivity index is 1.46. The molecule has 1 fully saturated rings. The average molecular weight is 308 g/mol. The second-order valence-electron chi connectivity index (χ2n) is 5.83. The number of nitrogens with zero attached hydrogens (tertiary/aromatic N) is 1. The normalized spacial score (nSPS) is 18.0. The van der Waals surface area contributed by atoms with Crippen molar-refractivity contribution in [3.63, 3.8) is 0 Å². The molecule has 0 saturated carbocycles. The first-order chi connectivity index (χ1) is 11.4. The summed E-state index contributed by atoms with van der Waals surface area (Å²) in [6.45, 7) is 2.03. The third-order valence-electron chi connectivity index (χ3n) is 4.15. The van der Waals surface area contributed by atoms with Crippen LogP contribution in [-0.4, -0.2) is 29.2 Å². The van der Waals surface area contributed by atoms with Gasteiger partial charge in [-0.15, -0.1) is 0 Å². The molecule has 0 aliphatic carbocycles. The van der Waals surface area contributed by atoms with Gasteiger partial charge in [0.1, 0.15) is 17.5 Å². The third-order valence-corrected chi connectivity index (χ3v) is 4.15. The van der Waals surface area contributed by atoms with Crippen LogP contribution >= 0.6 is 0 Å². The van der Waals surface area contributed by atoms with Crippen molar-refractivity contribution in [1.82, 2.24) is 15.3 Å². The van der Waals surface area contributed by atoms with E-state index in [-0.39, 0.29) is 6.10 Å². The molecule has 0 radical (unpaired) electrons. The van der Waals surface area contributed by atoms with Gasteiger partial charge in [-0.05, 0) is 55.8 Å². The maximum absolute atomic E-state index is 6.01. The molecule has 0 spiro atoms. The number of aromatic nitrogens is 2. The zero-order valence-corrected chi connectivity index (χ0v) is 12.9. The van der Waals surface area contributed by atoms with Crippen LogP contribution in [0.15, 0.2) is 48.8 Å². The Hall–Kier alpha value is -2.53. The Kier molecular flexibility index (Phi) is 3.86. The lowest BCUT2D eigenvalue weighted by molar-refractivity contribution is 0.167. The molecule has 118 valence electrons. The molecule has 1 saturated heterocycles. The van der Waals surface area contributed by atoms with E-state index in [0.29, 0.717) is 0 Å². The lowest BCUT2D eigenvalue weighted by atomic mass is 10.1. The van der Waals surface area contributed by atoms with E-state index >= 15 is 0 Å². The van der Waals surface area contributed by atoms with Crippen LogP contribution in [0.25, 0.3) is 11.0 Å². The fourth-order valence-corrected chi connectivity index (χ4v) is 2.96. The van der Waals surface area contributed by atoms with Crippen LogP contribution in [0.2, 0.25) is 0 Å². The van der Waals surface area contributed by atoms with Crippen LogP contribution in [0, 0.1) is 0 Å². The van der Waals surface area contributed by atoms with Crippen molar-refractivity contribution >= 4 is 22.4 Å². The fraction of sp³-hybridized carbons (Fsp3) is 0.278. The third kappa shape index (κ3) is 3.14. The Morgan fingerprint density at radius 2 is 2.04 bits per heavy atom. The Bertz CT molecular complexity index is 775. The van der Waals surface area contributed by atoms with Gasteiger partial charge in [0.2, 0.25) is 0 Å². The summed E-state index contributed by atoms with van der Waals surface area (Å²) in [4.78, 5) is 7.42. The van der Waals surface area contributed by atoms with E-state index in [4.69, 9.17) is 4.74 Å². The minimum atomic E-state index is 0.280. The highest BCUT2D eigenvalue weighted by molar-refractivity contribution is 5.91. The van der Waals surface area contributed by atoms with E-state index < -0.39 is 0 Å².